The van der Waals surface area contributed by atoms with E-state index in [9.17, 15) is 5.11 Å². The van der Waals surface area contributed by atoms with Crippen LogP contribution in [0, 0.1) is 0 Å². The number of benzene rings is 1. The van der Waals surface area contributed by atoms with Crippen molar-refractivity contribution in [1.82, 2.24) is 4.90 Å². The highest BCUT2D eigenvalue weighted by atomic mass is 35.5. The summed E-state index contributed by atoms with van der Waals surface area (Å²) in [5, 5.41) is 10.0. The first-order chi connectivity index (χ1) is 10.3. The molecule has 122 valence electrons. The molecule has 5 heteroatoms. The highest BCUT2D eigenvalue weighted by Gasteiger charge is 2.12. The van der Waals surface area contributed by atoms with Gasteiger partial charge in [0.05, 0.1) is 19.3 Å². The Morgan fingerprint density at radius 2 is 1.95 bits per heavy atom. The van der Waals surface area contributed by atoms with Gasteiger partial charge in [-0.25, -0.2) is 0 Å². The molecule has 1 saturated heterocycles. The second-order valence-corrected chi connectivity index (χ2v) is 5.01. The number of hydrogen-bond donors (Lipinski definition) is 1. The summed E-state index contributed by atoms with van der Waals surface area (Å²) in [7, 11) is 0. The molecule has 0 amide bonds. The van der Waals surface area contributed by atoms with E-state index in [1.807, 2.05) is 36.4 Å². The molecule has 0 bridgehead atoms. The van der Waals surface area contributed by atoms with Gasteiger partial charge in [-0.3, -0.25) is 4.90 Å². The minimum atomic E-state index is -0.459. The third-order valence-corrected chi connectivity index (χ3v) is 3.31. The Morgan fingerprint density at radius 3 is 2.59 bits per heavy atom. The van der Waals surface area contributed by atoms with E-state index < -0.39 is 6.10 Å². The molecule has 1 aliphatic rings. The average molecular weight is 326 g/mol. The maximum Gasteiger partial charge on any atom is 0.119 e. The SMILES string of the molecule is C=CCOc1ccc(/C=C/C(O)CN2CCOCC2)cc1.Cl. The minimum absolute atomic E-state index is 0. The number of ether oxygens (including phenoxy) is 2. The highest BCUT2D eigenvalue weighted by Crippen LogP contribution is 2.13. The molecule has 1 aromatic rings. The Hall–Kier alpha value is -1.33. The van der Waals surface area contributed by atoms with Crippen LogP contribution in [0.4, 0.5) is 0 Å². The van der Waals surface area contributed by atoms with Crippen molar-refractivity contribution in [3.8, 4) is 5.75 Å². The standard InChI is InChI=1S/C17H23NO3.ClH/c1-2-11-21-17-7-4-15(5-8-17)3-6-16(19)14-18-9-12-20-13-10-18;/h2-8,16,19H,1,9-14H2;1H/b6-3+;. The molecular weight excluding hydrogens is 302 g/mol. The maximum atomic E-state index is 10.0. The van der Waals surface area contributed by atoms with Gasteiger partial charge in [0.25, 0.3) is 0 Å². The minimum Gasteiger partial charge on any atom is -0.490 e. The summed E-state index contributed by atoms with van der Waals surface area (Å²) in [5.41, 5.74) is 1.04. The van der Waals surface area contributed by atoms with Gasteiger partial charge in [-0.2, -0.15) is 0 Å². The van der Waals surface area contributed by atoms with Crippen molar-refractivity contribution in [2.24, 2.45) is 0 Å². The smallest absolute Gasteiger partial charge is 0.119 e. The number of morpholine rings is 1. The van der Waals surface area contributed by atoms with Gasteiger partial charge >= 0.3 is 0 Å². The van der Waals surface area contributed by atoms with E-state index in [2.05, 4.69) is 11.5 Å². The Morgan fingerprint density at radius 1 is 1.27 bits per heavy atom. The van der Waals surface area contributed by atoms with E-state index in [0.29, 0.717) is 13.2 Å². The fraction of sp³-hybridized carbons (Fsp3) is 0.412. The largest absolute Gasteiger partial charge is 0.490 e. The number of aliphatic hydroxyl groups excluding tert-OH is 1. The van der Waals surface area contributed by atoms with E-state index in [-0.39, 0.29) is 12.4 Å². The van der Waals surface area contributed by atoms with Gasteiger partial charge in [0.1, 0.15) is 12.4 Å². The molecule has 1 heterocycles. The van der Waals surface area contributed by atoms with Crippen molar-refractivity contribution in [3.05, 3.63) is 48.6 Å². The molecule has 1 unspecified atom stereocenters. The molecule has 0 aromatic heterocycles. The van der Waals surface area contributed by atoms with Crippen LogP contribution in [0.5, 0.6) is 5.75 Å². The molecular formula is C17H24ClNO3. The number of nitrogens with zero attached hydrogens (tertiary/aromatic N) is 1. The normalized spacial score (nSPS) is 17.0. The molecule has 1 aliphatic heterocycles. The fourth-order valence-electron chi connectivity index (χ4n) is 2.16. The van der Waals surface area contributed by atoms with Crippen LogP contribution in [0.15, 0.2) is 43.0 Å². The lowest BCUT2D eigenvalue weighted by Gasteiger charge is -2.27. The third-order valence-electron chi connectivity index (χ3n) is 3.31. The van der Waals surface area contributed by atoms with E-state index >= 15 is 0 Å². The van der Waals surface area contributed by atoms with Crippen LogP contribution in [0.1, 0.15) is 5.56 Å². The van der Waals surface area contributed by atoms with E-state index in [4.69, 9.17) is 9.47 Å². The van der Waals surface area contributed by atoms with Crippen LogP contribution in [0.25, 0.3) is 6.08 Å². The highest BCUT2D eigenvalue weighted by molar-refractivity contribution is 5.85. The van der Waals surface area contributed by atoms with E-state index in [1.165, 1.54) is 0 Å². The number of halogens is 1. The average Bonchev–Trinajstić information content (AvgIpc) is 2.53. The lowest BCUT2D eigenvalue weighted by atomic mass is 10.1. The lowest BCUT2D eigenvalue weighted by molar-refractivity contribution is 0.0223. The van der Waals surface area contributed by atoms with Gasteiger partial charge < -0.3 is 14.6 Å². The molecule has 0 radical (unpaired) electrons. The Kier molecular flexibility index (Phi) is 8.85. The van der Waals surface area contributed by atoms with Gasteiger partial charge in [-0.05, 0) is 17.7 Å². The van der Waals surface area contributed by atoms with Crippen LogP contribution in [-0.2, 0) is 4.74 Å². The number of β-amino-alcohol motifs (C(OH)–C–C–N with tert-alkyl or cyclic N) is 1. The topological polar surface area (TPSA) is 41.9 Å². The molecule has 4 nitrogen and oxygen atoms in total. The fourth-order valence-corrected chi connectivity index (χ4v) is 2.16. The Bertz CT molecular complexity index is 455. The van der Waals surface area contributed by atoms with Gasteiger partial charge in [0.15, 0.2) is 0 Å². The first-order valence-corrected chi connectivity index (χ1v) is 7.28. The van der Waals surface area contributed by atoms with Crippen LogP contribution in [-0.4, -0.2) is 55.6 Å². The van der Waals surface area contributed by atoms with Crippen molar-refractivity contribution in [2.75, 3.05) is 39.5 Å². The van der Waals surface area contributed by atoms with Gasteiger partial charge in [0.2, 0.25) is 0 Å². The first-order valence-electron chi connectivity index (χ1n) is 7.28. The second-order valence-electron chi connectivity index (χ2n) is 5.01. The predicted molar refractivity (Wildman–Crippen MR) is 91.7 cm³/mol. The molecule has 1 fully saturated rings. The molecule has 22 heavy (non-hydrogen) atoms. The molecule has 1 N–H and O–H groups in total. The zero-order valence-corrected chi connectivity index (χ0v) is 13.5. The maximum absolute atomic E-state index is 10.0. The second kappa shape index (κ2) is 10.4. The predicted octanol–water partition coefficient (Wildman–Crippen LogP) is 2.38. The van der Waals surface area contributed by atoms with E-state index in [0.717, 1.165) is 37.6 Å². The van der Waals surface area contributed by atoms with Crippen LogP contribution in [0.2, 0.25) is 0 Å². The van der Waals surface area contributed by atoms with Gasteiger partial charge in [-0.15, -0.1) is 12.4 Å². The number of aliphatic hydroxyl groups is 1. The Labute approximate surface area is 138 Å². The van der Waals surface area contributed by atoms with Crippen molar-refractivity contribution in [1.29, 1.82) is 0 Å². The Balaban J connectivity index is 0.00000242. The molecule has 1 atom stereocenters. The van der Waals surface area contributed by atoms with Crippen LogP contribution < -0.4 is 4.74 Å². The summed E-state index contributed by atoms with van der Waals surface area (Å²) in [4.78, 5) is 2.21. The number of rotatable bonds is 7. The molecule has 1 aromatic carbocycles. The van der Waals surface area contributed by atoms with Crippen LogP contribution >= 0.6 is 12.4 Å². The van der Waals surface area contributed by atoms with Crippen molar-refractivity contribution < 1.29 is 14.6 Å². The summed E-state index contributed by atoms with van der Waals surface area (Å²) < 4.78 is 10.7. The quantitative estimate of drug-likeness (QED) is 0.782. The third kappa shape index (κ3) is 6.62. The summed E-state index contributed by atoms with van der Waals surface area (Å²) in [5.74, 6) is 0.820. The first kappa shape index (κ1) is 18.7. The molecule has 0 saturated carbocycles. The molecule has 2 rings (SSSR count). The summed E-state index contributed by atoms with van der Waals surface area (Å²) in [6.45, 7) is 8.06. The van der Waals surface area contributed by atoms with Gasteiger partial charge in [-0.1, -0.05) is 36.9 Å². The number of hydrogen-bond acceptors (Lipinski definition) is 4. The molecule has 0 aliphatic carbocycles. The monoisotopic (exact) mass is 325 g/mol. The summed E-state index contributed by atoms with van der Waals surface area (Å²) >= 11 is 0. The van der Waals surface area contributed by atoms with E-state index in [1.54, 1.807) is 6.08 Å². The lowest BCUT2D eigenvalue weighted by Crippen LogP contribution is -2.40. The summed E-state index contributed by atoms with van der Waals surface area (Å²) in [6, 6.07) is 7.77. The van der Waals surface area contributed by atoms with Crippen molar-refractivity contribution in [2.45, 2.75) is 6.10 Å². The van der Waals surface area contributed by atoms with Crippen molar-refractivity contribution >= 4 is 18.5 Å². The van der Waals surface area contributed by atoms with Crippen LogP contribution in [0.3, 0.4) is 0 Å². The van der Waals surface area contributed by atoms with Gasteiger partial charge in [0, 0.05) is 19.6 Å². The summed E-state index contributed by atoms with van der Waals surface area (Å²) in [6.07, 6.45) is 5.02. The molecule has 0 spiro atoms. The zero-order chi connectivity index (χ0) is 14.9. The van der Waals surface area contributed by atoms with Crippen molar-refractivity contribution in [3.63, 3.8) is 0 Å². The zero-order valence-electron chi connectivity index (χ0n) is 12.7.